The van der Waals surface area contributed by atoms with Crippen molar-refractivity contribution in [2.24, 2.45) is 5.92 Å². The van der Waals surface area contributed by atoms with Gasteiger partial charge in [-0.15, -0.1) is 0 Å². The lowest BCUT2D eigenvalue weighted by atomic mass is 9.73. The third-order valence-electron chi connectivity index (χ3n) is 8.15. The molecule has 0 fully saturated rings. The smallest absolute Gasteiger partial charge is 0.305 e. The van der Waals surface area contributed by atoms with Crippen molar-refractivity contribution in [2.75, 3.05) is 26.9 Å². The number of allylic oxidation sites excluding steroid dienone is 3. The number of hydrogen-bond donors (Lipinski definition) is 1. The number of aryl methyl sites for hydroxylation is 1. The summed E-state index contributed by atoms with van der Waals surface area (Å²) in [7, 11) is 1.40. The average molecular weight is 573 g/mol. The second-order valence-corrected chi connectivity index (χ2v) is 12.9. The lowest BCUT2D eigenvalue weighted by Crippen LogP contribution is -2.32. The molecule has 1 aromatic rings. The number of ether oxygens (including phenoxy) is 4. The molecule has 0 aromatic heterocycles. The minimum Gasteiger partial charge on any atom is -0.507 e. The van der Waals surface area contributed by atoms with Gasteiger partial charge < -0.3 is 24.1 Å². The molecule has 0 saturated heterocycles. The van der Waals surface area contributed by atoms with E-state index >= 15 is 0 Å². The van der Waals surface area contributed by atoms with E-state index in [-0.39, 0.29) is 17.8 Å². The molecule has 0 aliphatic heterocycles. The third-order valence-corrected chi connectivity index (χ3v) is 8.15. The minimum absolute atomic E-state index is 0.0398. The predicted molar refractivity (Wildman–Crippen MR) is 167 cm³/mol. The summed E-state index contributed by atoms with van der Waals surface area (Å²) < 4.78 is 23.4. The van der Waals surface area contributed by atoms with Crippen LogP contribution in [0.25, 0.3) is 0 Å². The fourth-order valence-electron chi connectivity index (χ4n) is 5.44. The summed E-state index contributed by atoms with van der Waals surface area (Å²) in [6.45, 7) is 20.1. The first-order chi connectivity index (χ1) is 19.3. The van der Waals surface area contributed by atoms with E-state index in [1.54, 1.807) is 0 Å². The summed E-state index contributed by atoms with van der Waals surface area (Å²) in [4.78, 5) is 11.5. The van der Waals surface area contributed by atoms with Crippen molar-refractivity contribution in [2.45, 2.75) is 123 Å². The van der Waals surface area contributed by atoms with Gasteiger partial charge in [0.1, 0.15) is 18.1 Å². The second-order valence-electron chi connectivity index (χ2n) is 12.9. The van der Waals surface area contributed by atoms with Crippen molar-refractivity contribution in [1.29, 1.82) is 0 Å². The molecule has 0 radical (unpaired) electrons. The molecule has 0 saturated carbocycles. The molecule has 2 atom stereocenters. The quantitative estimate of drug-likeness (QED) is 0.108. The summed E-state index contributed by atoms with van der Waals surface area (Å²) in [5, 5.41) is 11.3. The number of benzene rings is 1. The first kappa shape index (κ1) is 34.9. The fourth-order valence-corrected chi connectivity index (χ4v) is 5.44. The van der Waals surface area contributed by atoms with Crippen LogP contribution < -0.4 is 4.74 Å². The van der Waals surface area contributed by atoms with Crippen molar-refractivity contribution in [3.05, 3.63) is 47.1 Å². The van der Waals surface area contributed by atoms with E-state index in [2.05, 4.69) is 53.3 Å². The molecule has 0 heterocycles. The Labute approximate surface area is 249 Å². The average Bonchev–Trinajstić information content (AvgIpc) is 2.89. The van der Waals surface area contributed by atoms with Gasteiger partial charge in [0.2, 0.25) is 0 Å². The Hall–Kier alpha value is -2.31. The maximum absolute atomic E-state index is 11.5. The lowest BCUT2D eigenvalue weighted by Gasteiger charge is -2.32. The third kappa shape index (κ3) is 11.8. The van der Waals surface area contributed by atoms with Gasteiger partial charge in [0.25, 0.3) is 0 Å². The molecule has 2 unspecified atom stereocenters. The van der Waals surface area contributed by atoms with Crippen LogP contribution in [0.2, 0.25) is 0 Å². The van der Waals surface area contributed by atoms with Gasteiger partial charge in [0.05, 0.1) is 31.5 Å². The molecule has 0 amide bonds. The Balaban J connectivity index is 2.06. The molecule has 6 nitrogen and oxygen atoms in total. The summed E-state index contributed by atoms with van der Waals surface area (Å²) >= 11 is 0. The SMILES string of the molecule is C=C(C)C1CCC(C)=CC1c1c(O)cc(CCCCC)cc1OCCOC(C)(C)CCOC(C)(C)CCC(=O)OC. The van der Waals surface area contributed by atoms with Crippen molar-refractivity contribution < 1.29 is 28.8 Å². The topological polar surface area (TPSA) is 74.2 Å². The number of methoxy groups -OCH3 is 1. The minimum atomic E-state index is -0.415. The van der Waals surface area contributed by atoms with Crippen molar-refractivity contribution in [3.8, 4) is 11.5 Å². The van der Waals surface area contributed by atoms with Crippen LogP contribution in [0, 0.1) is 5.92 Å². The van der Waals surface area contributed by atoms with E-state index in [0.717, 1.165) is 61.0 Å². The van der Waals surface area contributed by atoms with Gasteiger partial charge in [-0.25, -0.2) is 0 Å². The largest absolute Gasteiger partial charge is 0.507 e. The van der Waals surface area contributed by atoms with E-state index in [0.29, 0.717) is 44.8 Å². The Morgan fingerprint density at radius 1 is 1.05 bits per heavy atom. The maximum Gasteiger partial charge on any atom is 0.305 e. The van der Waals surface area contributed by atoms with E-state index in [1.165, 1.54) is 12.7 Å². The summed E-state index contributed by atoms with van der Waals surface area (Å²) in [5.74, 6) is 1.14. The van der Waals surface area contributed by atoms with Gasteiger partial charge in [0, 0.05) is 17.9 Å². The number of esters is 1. The van der Waals surface area contributed by atoms with Crippen LogP contribution in [-0.2, 0) is 25.4 Å². The van der Waals surface area contributed by atoms with E-state index < -0.39 is 11.2 Å². The number of hydrogen-bond acceptors (Lipinski definition) is 6. The van der Waals surface area contributed by atoms with Crippen LogP contribution in [0.15, 0.2) is 35.9 Å². The summed E-state index contributed by atoms with van der Waals surface area (Å²) in [6, 6.07) is 4.05. The molecule has 232 valence electrons. The molecule has 0 bridgehead atoms. The highest BCUT2D eigenvalue weighted by atomic mass is 16.5. The predicted octanol–water partition coefficient (Wildman–Crippen LogP) is 8.45. The number of phenolic OH excluding ortho intramolecular Hbond substituents is 1. The first-order valence-electron chi connectivity index (χ1n) is 15.4. The number of unbranched alkanes of at least 4 members (excludes halogenated alkanes) is 2. The molecule has 1 N–H and O–H groups in total. The Kier molecular flexibility index (Phi) is 13.9. The van der Waals surface area contributed by atoms with E-state index in [1.807, 2.05) is 19.9 Å². The lowest BCUT2D eigenvalue weighted by molar-refractivity contribution is -0.142. The molecule has 1 aliphatic rings. The molecule has 2 rings (SSSR count). The number of aromatic hydroxyl groups is 1. The molecule has 41 heavy (non-hydrogen) atoms. The molecular weight excluding hydrogens is 516 g/mol. The molecule has 6 heteroatoms. The highest BCUT2D eigenvalue weighted by Gasteiger charge is 2.31. The zero-order valence-corrected chi connectivity index (χ0v) is 27.1. The zero-order chi connectivity index (χ0) is 30.6. The number of rotatable bonds is 18. The monoisotopic (exact) mass is 572 g/mol. The van der Waals surface area contributed by atoms with Gasteiger partial charge >= 0.3 is 5.97 Å². The second kappa shape index (κ2) is 16.4. The fraction of sp³-hybridized carbons (Fsp3) is 0.686. The van der Waals surface area contributed by atoms with Gasteiger partial charge in [-0.3, -0.25) is 4.79 Å². The Morgan fingerprint density at radius 2 is 1.73 bits per heavy atom. The molecular formula is C35H56O6. The zero-order valence-electron chi connectivity index (χ0n) is 27.1. The highest BCUT2D eigenvalue weighted by molar-refractivity contribution is 5.69. The van der Waals surface area contributed by atoms with Crippen LogP contribution in [0.1, 0.15) is 117 Å². The van der Waals surface area contributed by atoms with Gasteiger partial charge in [-0.2, -0.15) is 0 Å². The Morgan fingerprint density at radius 3 is 2.39 bits per heavy atom. The summed E-state index contributed by atoms with van der Waals surface area (Å²) in [6.07, 6.45) is 10.3. The van der Waals surface area contributed by atoms with E-state index in [4.69, 9.17) is 18.9 Å². The van der Waals surface area contributed by atoms with Gasteiger partial charge in [-0.1, -0.05) is 43.6 Å². The van der Waals surface area contributed by atoms with Crippen molar-refractivity contribution in [1.82, 2.24) is 0 Å². The first-order valence-corrected chi connectivity index (χ1v) is 15.4. The Bertz CT molecular complexity index is 1020. The number of phenols is 1. The standard InChI is InChI=1S/C35H56O6/c1-10-11-12-13-27-23-30(36)33(29-22-26(4)14-15-28(29)25(2)3)31(24-27)39-20-21-41-35(7,8)18-19-40-34(5,6)17-16-32(37)38-9/h22-24,28-29,36H,2,10-21H2,1,3-9H3. The van der Waals surface area contributed by atoms with Crippen LogP contribution in [0.3, 0.4) is 0 Å². The normalized spacial score (nSPS) is 17.7. The molecule has 1 aliphatic carbocycles. The van der Waals surface area contributed by atoms with Crippen molar-refractivity contribution in [3.63, 3.8) is 0 Å². The van der Waals surface area contributed by atoms with Crippen LogP contribution in [-0.4, -0.2) is 49.2 Å². The van der Waals surface area contributed by atoms with Crippen LogP contribution in [0.4, 0.5) is 0 Å². The summed E-state index contributed by atoms with van der Waals surface area (Å²) in [5.41, 5.74) is 3.62. The number of carbonyl (C=O) groups excluding carboxylic acids is 1. The number of carbonyl (C=O) groups is 1. The maximum atomic E-state index is 11.5. The molecule has 0 spiro atoms. The molecule has 1 aromatic carbocycles. The van der Waals surface area contributed by atoms with Crippen LogP contribution >= 0.6 is 0 Å². The van der Waals surface area contributed by atoms with Gasteiger partial charge in [0.15, 0.2) is 0 Å². The van der Waals surface area contributed by atoms with Crippen LogP contribution in [0.5, 0.6) is 11.5 Å². The van der Waals surface area contributed by atoms with Crippen molar-refractivity contribution >= 4 is 5.97 Å². The van der Waals surface area contributed by atoms with Gasteiger partial charge in [-0.05, 0) is 104 Å². The van der Waals surface area contributed by atoms with E-state index in [9.17, 15) is 9.90 Å². The highest BCUT2D eigenvalue weighted by Crippen LogP contribution is 2.47.